The highest BCUT2D eigenvalue weighted by Gasteiger charge is 2.58. The van der Waals surface area contributed by atoms with E-state index in [1.165, 1.54) is 0 Å². The molecule has 4 N–H and O–H groups in total. The molecule has 3 heterocycles. The fraction of sp³-hybridized carbons (Fsp3) is 0.692. The number of hydrogen-bond donors (Lipinski definition) is 4. The van der Waals surface area contributed by atoms with Crippen molar-refractivity contribution >= 4 is 21.4 Å². The number of anilines is 1. The van der Waals surface area contributed by atoms with E-state index in [9.17, 15) is 23.6 Å². The van der Waals surface area contributed by atoms with Crippen LogP contribution in [0.15, 0.2) is 23.1 Å². The second kappa shape index (κ2) is 8.98. The maximum atomic E-state index is 13.5. The highest BCUT2D eigenvalue weighted by Crippen LogP contribution is 2.54. The quantitative estimate of drug-likeness (QED) is 0.484. The minimum absolute atomic E-state index is 0.0129. The van der Waals surface area contributed by atoms with Gasteiger partial charge < -0.3 is 15.7 Å². The van der Waals surface area contributed by atoms with Crippen molar-refractivity contribution in [3.63, 3.8) is 0 Å². The van der Waals surface area contributed by atoms with Gasteiger partial charge in [-0.1, -0.05) is 32.1 Å². The third-order valence-electron chi connectivity index (χ3n) is 9.36. The first-order chi connectivity index (χ1) is 17.4. The van der Waals surface area contributed by atoms with Crippen molar-refractivity contribution in [1.29, 1.82) is 5.26 Å². The summed E-state index contributed by atoms with van der Waals surface area (Å²) in [5.74, 6) is -0.428. The lowest BCUT2D eigenvalue weighted by Gasteiger charge is -2.39. The van der Waals surface area contributed by atoms with Crippen molar-refractivity contribution in [1.82, 2.24) is 15.8 Å². The van der Waals surface area contributed by atoms with E-state index in [-0.39, 0.29) is 34.7 Å². The minimum atomic E-state index is -3.62. The molecule has 6 rings (SSSR count). The Balaban J connectivity index is 1.29. The third kappa shape index (κ3) is 3.51. The molecule has 2 saturated carbocycles. The molecule has 2 saturated heterocycles. The Morgan fingerprint density at radius 2 is 1.86 bits per heavy atom. The number of rotatable bonds is 3. The summed E-state index contributed by atoms with van der Waals surface area (Å²) in [7, 11) is -3.62. The first kappa shape index (κ1) is 24.2. The monoisotopic (exact) mass is 513 g/mol. The molecular formula is C26H35N5O4S. The van der Waals surface area contributed by atoms with E-state index in [1.54, 1.807) is 18.2 Å². The zero-order valence-electron chi connectivity index (χ0n) is 20.4. The predicted molar refractivity (Wildman–Crippen MR) is 133 cm³/mol. The maximum Gasteiger partial charge on any atom is 0.228 e. The topological polar surface area (TPSA) is 135 Å². The number of sulfone groups is 1. The van der Waals surface area contributed by atoms with Gasteiger partial charge in [-0.05, 0) is 50.3 Å². The van der Waals surface area contributed by atoms with E-state index >= 15 is 0 Å². The number of carbonyl (C=O) groups is 1. The summed E-state index contributed by atoms with van der Waals surface area (Å²) in [6.07, 6.45) is 6.87. The Morgan fingerprint density at radius 1 is 1.08 bits per heavy atom. The molecule has 194 valence electrons. The molecule has 5 aliphatic rings. The summed E-state index contributed by atoms with van der Waals surface area (Å²) in [5, 5.41) is 29.6. The predicted octanol–water partition coefficient (Wildman–Crippen LogP) is 2.36. The Hall–Kier alpha value is -2.19. The third-order valence-corrected chi connectivity index (χ3v) is 12.0. The van der Waals surface area contributed by atoms with Gasteiger partial charge in [-0.25, -0.2) is 18.9 Å². The maximum absolute atomic E-state index is 13.5. The molecule has 10 heteroatoms. The summed E-state index contributed by atoms with van der Waals surface area (Å²) in [6, 6.07) is 7.63. The molecule has 9 nitrogen and oxygen atoms in total. The number of aliphatic hydroxyl groups excluding tert-OH is 1. The van der Waals surface area contributed by atoms with Crippen LogP contribution in [0.3, 0.4) is 0 Å². The molecule has 4 fully saturated rings. The number of nitriles is 1. The van der Waals surface area contributed by atoms with E-state index < -0.39 is 26.9 Å². The zero-order valence-corrected chi connectivity index (χ0v) is 21.3. The van der Waals surface area contributed by atoms with Crippen LogP contribution in [0.4, 0.5) is 5.69 Å². The number of piperidine rings is 1. The number of hydrazine groups is 1. The molecule has 1 aromatic rings. The lowest BCUT2D eigenvalue weighted by atomic mass is 9.82. The van der Waals surface area contributed by atoms with Crippen molar-refractivity contribution in [2.75, 3.05) is 11.9 Å². The summed E-state index contributed by atoms with van der Waals surface area (Å²) in [5.41, 5.74) is 4.66. The minimum Gasteiger partial charge on any atom is -0.387 e. The first-order valence-corrected chi connectivity index (χ1v) is 14.9. The van der Waals surface area contributed by atoms with Gasteiger partial charge in [0.1, 0.15) is 17.0 Å². The van der Waals surface area contributed by atoms with Crippen molar-refractivity contribution < 1.29 is 18.3 Å². The van der Waals surface area contributed by atoms with Crippen LogP contribution < -0.4 is 16.1 Å². The molecule has 0 radical (unpaired) electrons. The van der Waals surface area contributed by atoms with Crippen LogP contribution in [0.1, 0.15) is 75.9 Å². The SMILES string of the molecule is N#C[C@H]1CCCC[C@@H]1N1NC(Nc2ccc3c(c2)C(O)C2(CCCCC2)S3(=O)=O)C2C(=O)NCCC21. The number of fused-ring (bicyclic) bond motifs is 2. The number of hydrogen-bond acceptors (Lipinski definition) is 8. The molecule has 6 atom stereocenters. The van der Waals surface area contributed by atoms with Crippen molar-refractivity contribution in [3.8, 4) is 6.07 Å². The van der Waals surface area contributed by atoms with Crippen molar-refractivity contribution in [2.45, 2.75) is 98.2 Å². The molecule has 36 heavy (non-hydrogen) atoms. The van der Waals surface area contributed by atoms with Crippen molar-refractivity contribution in [3.05, 3.63) is 23.8 Å². The zero-order chi connectivity index (χ0) is 25.1. The number of nitrogens with zero attached hydrogens (tertiary/aromatic N) is 2. The Morgan fingerprint density at radius 3 is 2.64 bits per heavy atom. The van der Waals surface area contributed by atoms with Gasteiger partial charge in [-0.3, -0.25) is 4.79 Å². The average molecular weight is 514 g/mol. The standard InChI is InChI=1S/C26H35N5O4S/c27-15-16-6-2-3-7-19(16)31-20-10-13-28-25(33)22(20)24(30-31)29-17-8-9-21-18(14-17)23(32)26(36(21,34)35)11-4-1-5-12-26/h8-9,14,16,19-20,22-24,29-30,32H,1-7,10-13H2,(H,28,33)/t16-,19+,20?,22?,23?,24?/m1/s1. The van der Waals surface area contributed by atoms with Crippen LogP contribution >= 0.6 is 0 Å². The van der Waals surface area contributed by atoms with Crippen LogP contribution in [0.2, 0.25) is 0 Å². The van der Waals surface area contributed by atoms with E-state index in [4.69, 9.17) is 0 Å². The van der Waals surface area contributed by atoms with Crippen LogP contribution in [-0.2, 0) is 14.6 Å². The number of nitrogens with one attached hydrogen (secondary N) is 3. The van der Waals surface area contributed by atoms with Crippen LogP contribution in [0, 0.1) is 23.2 Å². The number of amides is 1. The molecule has 1 spiro atoms. The van der Waals surface area contributed by atoms with Gasteiger partial charge in [0.25, 0.3) is 0 Å². The van der Waals surface area contributed by atoms with Gasteiger partial charge in [0, 0.05) is 29.9 Å². The van der Waals surface area contributed by atoms with Gasteiger partial charge in [0.05, 0.1) is 22.8 Å². The van der Waals surface area contributed by atoms with E-state index in [2.05, 4.69) is 27.1 Å². The molecule has 3 aliphatic heterocycles. The molecule has 0 aromatic heterocycles. The molecule has 4 unspecified atom stereocenters. The smallest absolute Gasteiger partial charge is 0.228 e. The number of aliphatic hydroxyl groups is 1. The summed E-state index contributed by atoms with van der Waals surface area (Å²) in [4.78, 5) is 13.2. The average Bonchev–Trinajstić information content (AvgIpc) is 3.33. The molecule has 0 bridgehead atoms. The first-order valence-electron chi connectivity index (χ1n) is 13.4. The highest BCUT2D eigenvalue weighted by atomic mass is 32.2. The fourth-order valence-electron chi connectivity index (χ4n) is 7.51. The van der Waals surface area contributed by atoms with Crippen LogP contribution in [0.5, 0.6) is 0 Å². The second-order valence-electron chi connectivity index (χ2n) is 11.2. The van der Waals surface area contributed by atoms with Gasteiger partial charge in [0.15, 0.2) is 9.84 Å². The van der Waals surface area contributed by atoms with Crippen molar-refractivity contribution in [2.24, 2.45) is 11.8 Å². The normalized spacial score (nSPS) is 37.1. The van der Waals surface area contributed by atoms with E-state index in [1.807, 2.05) is 0 Å². The van der Waals surface area contributed by atoms with Gasteiger partial charge >= 0.3 is 0 Å². The van der Waals surface area contributed by atoms with E-state index in [0.29, 0.717) is 30.6 Å². The fourth-order valence-corrected chi connectivity index (χ4v) is 9.93. The van der Waals surface area contributed by atoms with Crippen LogP contribution in [0.25, 0.3) is 0 Å². The Kier molecular flexibility index (Phi) is 6.03. The van der Waals surface area contributed by atoms with Crippen LogP contribution in [-0.4, -0.2) is 54.0 Å². The lowest BCUT2D eigenvalue weighted by Crippen LogP contribution is -2.54. The highest BCUT2D eigenvalue weighted by molar-refractivity contribution is 7.93. The van der Waals surface area contributed by atoms with E-state index in [0.717, 1.165) is 51.4 Å². The van der Waals surface area contributed by atoms with Gasteiger partial charge in [-0.15, -0.1) is 0 Å². The Labute approximate surface area is 212 Å². The van der Waals surface area contributed by atoms with Gasteiger partial charge in [-0.2, -0.15) is 5.26 Å². The molecular weight excluding hydrogens is 478 g/mol. The van der Waals surface area contributed by atoms with Gasteiger partial charge in [0.2, 0.25) is 5.91 Å². The largest absolute Gasteiger partial charge is 0.387 e. The molecule has 1 amide bonds. The lowest BCUT2D eigenvalue weighted by molar-refractivity contribution is -0.128. The molecule has 2 aliphatic carbocycles. The Bertz CT molecular complexity index is 1190. The summed E-state index contributed by atoms with van der Waals surface area (Å²) < 4.78 is 25.8. The summed E-state index contributed by atoms with van der Waals surface area (Å²) >= 11 is 0. The second-order valence-corrected chi connectivity index (χ2v) is 13.5. The number of carbonyl (C=O) groups excluding carboxylic acids is 1. The molecule has 1 aromatic carbocycles. The number of benzene rings is 1. The summed E-state index contributed by atoms with van der Waals surface area (Å²) in [6.45, 7) is 0.611.